The van der Waals surface area contributed by atoms with E-state index in [1.165, 1.54) is 0 Å². The van der Waals surface area contributed by atoms with Crippen LogP contribution in [-0.4, -0.2) is 20.2 Å². The molecule has 4 rings (SSSR count). The number of aromatic amines is 1. The van der Waals surface area contributed by atoms with E-state index in [1.54, 1.807) is 12.4 Å². The van der Waals surface area contributed by atoms with Crippen LogP contribution in [0.4, 0.5) is 11.5 Å². The fourth-order valence-electron chi connectivity index (χ4n) is 2.67. The second-order valence-electron chi connectivity index (χ2n) is 5.47. The van der Waals surface area contributed by atoms with Crippen LogP contribution in [0, 0.1) is 0 Å². The summed E-state index contributed by atoms with van der Waals surface area (Å²) in [5.74, 6) is 0.479. The van der Waals surface area contributed by atoms with Crippen molar-refractivity contribution in [2.24, 2.45) is 0 Å². The van der Waals surface area contributed by atoms with Crippen LogP contribution in [0.3, 0.4) is 0 Å². The number of nitrogens with two attached hydrogens (primary N) is 1. The summed E-state index contributed by atoms with van der Waals surface area (Å²) < 4.78 is 0. The van der Waals surface area contributed by atoms with Gasteiger partial charge >= 0.3 is 0 Å². The Labute approximate surface area is 138 Å². The summed E-state index contributed by atoms with van der Waals surface area (Å²) in [6.07, 6.45) is 3.51. The highest BCUT2D eigenvalue weighted by atomic mass is 15.1. The molecule has 0 saturated carbocycles. The van der Waals surface area contributed by atoms with Crippen molar-refractivity contribution in [3.63, 3.8) is 0 Å². The van der Waals surface area contributed by atoms with Gasteiger partial charge in [-0.2, -0.15) is 5.10 Å². The van der Waals surface area contributed by atoms with Crippen molar-refractivity contribution < 1.29 is 0 Å². The molecule has 0 unspecified atom stereocenters. The van der Waals surface area contributed by atoms with Gasteiger partial charge in [-0.3, -0.25) is 10.1 Å². The average Bonchev–Trinajstić information content (AvgIpc) is 3.14. The number of pyridine rings is 2. The van der Waals surface area contributed by atoms with Gasteiger partial charge in [-0.05, 0) is 24.3 Å². The Morgan fingerprint density at radius 3 is 2.79 bits per heavy atom. The van der Waals surface area contributed by atoms with Crippen LogP contribution in [0.25, 0.3) is 22.2 Å². The van der Waals surface area contributed by atoms with Gasteiger partial charge in [0.2, 0.25) is 0 Å². The lowest BCUT2D eigenvalue weighted by molar-refractivity contribution is 1.05. The summed E-state index contributed by atoms with van der Waals surface area (Å²) in [6.45, 7) is 0.627. The van der Waals surface area contributed by atoms with E-state index in [0.717, 1.165) is 33.5 Å². The molecule has 4 N–H and O–H groups in total. The topological polar surface area (TPSA) is 92.5 Å². The number of fused-ring (bicyclic) bond motifs is 1. The lowest BCUT2D eigenvalue weighted by atomic mass is 10.1. The standard InChI is InChI=1S/C18H16N6/c19-18-10-16(21-11-13-3-1-2-7-20-13)14-5-4-12(9-17(14)23-18)15-6-8-22-24-15/h1-10H,11H2,(H,22,24)(H3,19,21,23). The SMILES string of the molecule is Nc1cc(NCc2ccccn2)c2ccc(-c3ccn[nH]3)cc2n1. The van der Waals surface area contributed by atoms with Crippen LogP contribution in [0.1, 0.15) is 5.69 Å². The molecule has 118 valence electrons. The molecule has 0 fully saturated rings. The molecule has 0 spiro atoms. The molecule has 4 aromatic rings. The minimum Gasteiger partial charge on any atom is -0.384 e. The molecule has 6 heteroatoms. The Hall–Kier alpha value is -3.41. The fraction of sp³-hybridized carbons (Fsp3) is 0.0556. The molecule has 0 atom stereocenters. The first-order valence-corrected chi connectivity index (χ1v) is 7.63. The third-order valence-electron chi connectivity index (χ3n) is 3.83. The Bertz CT molecular complexity index is 964. The zero-order valence-corrected chi connectivity index (χ0v) is 12.9. The van der Waals surface area contributed by atoms with Crippen LogP contribution in [0.5, 0.6) is 0 Å². The highest BCUT2D eigenvalue weighted by molar-refractivity contribution is 5.95. The minimum absolute atomic E-state index is 0.479. The molecule has 0 aliphatic carbocycles. The highest BCUT2D eigenvalue weighted by Crippen LogP contribution is 2.28. The summed E-state index contributed by atoms with van der Waals surface area (Å²) in [4.78, 5) is 8.77. The Morgan fingerprint density at radius 1 is 1.04 bits per heavy atom. The van der Waals surface area contributed by atoms with E-state index in [1.807, 2.05) is 48.5 Å². The molecule has 6 nitrogen and oxygen atoms in total. The second-order valence-corrected chi connectivity index (χ2v) is 5.47. The molecule has 3 heterocycles. The summed E-state index contributed by atoms with van der Waals surface area (Å²) in [5.41, 5.74) is 10.7. The molecular formula is C18H16N6. The summed E-state index contributed by atoms with van der Waals surface area (Å²) in [7, 11) is 0. The molecule has 24 heavy (non-hydrogen) atoms. The van der Waals surface area contributed by atoms with Gasteiger partial charge in [0.05, 0.1) is 23.4 Å². The lowest BCUT2D eigenvalue weighted by Gasteiger charge is -2.11. The monoisotopic (exact) mass is 316 g/mol. The molecule has 0 radical (unpaired) electrons. The normalized spacial score (nSPS) is 10.8. The lowest BCUT2D eigenvalue weighted by Crippen LogP contribution is -2.03. The number of hydrogen-bond donors (Lipinski definition) is 3. The predicted molar refractivity (Wildman–Crippen MR) is 95.3 cm³/mol. The average molecular weight is 316 g/mol. The van der Waals surface area contributed by atoms with E-state index in [0.29, 0.717) is 12.4 Å². The van der Waals surface area contributed by atoms with Crippen molar-refractivity contribution in [2.75, 3.05) is 11.1 Å². The smallest absolute Gasteiger partial charge is 0.126 e. The van der Waals surface area contributed by atoms with Crippen LogP contribution < -0.4 is 11.1 Å². The van der Waals surface area contributed by atoms with Crippen LogP contribution in [0.2, 0.25) is 0 Å². The quantitative estimate of drug-likeness (QED) is 0.537. The number of hydrogen-bond acceptors (Lipinski definition) is 5. The first-order chi connectivity index (χ1) is 11.8. The van der Waals surface area contributed by atoms with Gasteiger partial charge in [-0.1, -0.05) is 18.2 Å². The third-order valence-corrected chi connectivity index (χ3v) is 3.83. The van der Waals surface area contributed by atoms with E-state index in [2.05, 4.69) is 25.5 Å². The van der Waals surface area contributed by atoms with Gasteiger partial charge < -0.3 is 11.1 Å². The largest absolute Gasteiger partial charge is 0.384 e. The van der Waals surface area contributed by atoms with Crippen molar-refractivity contribution in [1.29, 1.82) is 0 Å². The number of nitrogens with one attached hydrogen (secondary N) is 2. The number of rotatable bonds is 4. The van der Waals surface area contributed by atoms with Gasteiger partial charge in [0.15, 0.2) is 0 Å². The molecule has 3 aromatic heterocycles. The number of aromatic nitrogens is 4. The van der Waals surface area contributed by atoms with Crippen molar-refractivity contribution >= 4 is 22.4 Å². The molecule has 0 amide bonds. The number of benzene rings is 1. The fourth-order valence-corrected chi connectivity index (χ4v) is 2.67. The van der Waals surface area contributed by atoms with Crippen LogP contribution in [0.15, 0.2) is 60.9 Å². The van der Waals surface area contributed by atoms with Crippen molar-refractivity contribution in [3.8, 4) is 11.3 Å². The molecule has 0 bridgehead atoms. The van der Waals surface area contributed by atoms with E-state index >= 15 is 0 Å². The molecule has 0 saturated heterocycles. The van der Waals surface area contributed by atoms with E-state index < -0.39 is 0 Å². The van der Waals surface area contributed by atoms with Crippen molar-refractivity contribution in [3.05, 3.63) is 66.6 Å². The minimum atomic E-state index is 0.479. The maximum Gasteiger partial charge on any atom is 0.126 e. The van der Waals surface area contributed by atoms with Gasteiger partial charge in [-0.25, -0.2) is 4.98 Å². The molecular weight excluding hydrogens is 300 g/mol. The maximum absolute atomic E-state index is 5.98. The summed E-state index contributed by atoms with van der Waals surface area (Å²) in [6, 6.07) is 15.7. The highest BCUT2D eigenvalue weighted by Gasteiger charge is 2.07. The summed E-state index contributed by atoms with van der Waals surface area (Å²) in [5, 5.41) is 11.4. The first-order valence-electron chi connectivity index (χ1n) is 7.63. The van der Waals surface area contributed by atoms with Gasteiger partial charge in [0.1, 0.15) is 5.82 Å². The number of nitrogen functional groups attached to an aromatic ring is 1. The van der Waals surface area contributed by atoms with E-state index in [9.17, 15) is 0 Å². The maximum atomic E-state index is 5.98. The number of anilines is 2. The Kier molecular flexibility index (Phi) is 3.55. The van der Waals surface area contributed by atoms with E-state index in [-0.39, 0.29) is 0 Å². The van der Waals surface area contributed by atoms with E-state index in [4.69, 9.17) is 5.73 Å². The van der Waals surface area contributed by atoms with Crippen LogP contribution >= 0.6 is 0 Å². The zero-order chi connectivity index (χ0) is 16.4. The van der Waals surface area contributed by atoms with Crippen molar-refractivity contribution in [1.82, 2.24) is 20.2 Å². The van der Waals surface area contributed by atoms with Gasteiger partial charge in [0.25, 0.3) is 0 Å². The molecule has 0 aliphatic rings. The number of H-pyrrole nitrogens is 1. The predicted octanol–water partition coefficient (Wildman–Crippen LogP) is 3.21. The third kappa shape index (κ3) is 2.77. The Balaban J connectivity index is 1.70. The first kappa shape index (κ1) is 14.2. The van der Waals surface area contributed by atoms with Crippen molar-refractivity contribution in [2.45, 2.75) is 6.54 Å². The molecule has 1 aromatic carbocycles. The zero-order valence-electron chi connectivity index (χ0n) is 12.9. The van der Waals surface area contributed by atoms with Crippen LogP contribution in [-0.2, 0) is 6.54 Å². The summed E-state index contributed by atoms with van der Waals surface area (Å²) >= 11 is 0. The van der Waals surface area contributed by atoms with Gasteiger partial charge in [-0.15, -0.1) is 0 Å². The Morgan fingerprint density at radius 2 is 2.00 bits per heavy atom. The number of nitrogens with zero attached hydrogens (tertiary/aromatic N) is 3. The second kappa shape index (κ2) is 6.00. The molecule has 0 aliphatic heterocycles. The van der Waals surface area contributed by atoms with Gasteiger partial charge in [0, 0.05) is 35.1 Å².